The van der Waals surface area contributed by atoms with Gasteiger partial charge < -0.3 is 5.11 Å². The molecule has 0 spiro atoms. The molecule has 0 saturated heterocycles. The summed E-state index contributed by atoms with van der Waals surface area (Å²) >= 11 is 5.23. The summed E-state index contributed by atoms with van der Waals surface area (Å²) in [6.45, 7) is 4.52. The van der Waals surface area contributed by atoms with Gasteiger partial charge in [0.25, 0.3) is 0 Å². The van der Waals surface area contributed by atoms with E-state index in [9.17, 15) is 5.11 Å². The Morgan fingerprint density at radius 2 is 2.06 bits per heavy atom. The fourth-order valence-electron chi connectivity index (χ4n) is 3.26. The van der Waals surface area contributed by atoms with Crippen molar-refractivity contribution in [2.24, 2.45) is 11.3 Å². The van der Waals surface area contributed by atoms with Crippen LogP contribution >= 0.6 is 27.3 Å². The number of rotatable bonds is 4. The van der Waals surface area contributed by atoms with Crippen molar-refractivity contribution in [1.82, 2.24) is 0 Å². The third kappa shape index (κ3) is 2.77. The molecule has 0 aromatic carbocycles. The first-order chi connectivity index (χ1) is 8.05. The van der Waals surface area contributed by atoms with Crippen molar-refractivity contribution < 1.29 is 5.11 Å². The van der Waals surface area contributed by atoms with Gasteiger partial charge in [0, 0.05) is 14.8 Å². The second-order valence-electron chi connectivity index (χ2n) is 5.70. The number of aliphatic hydroxyl groups is 1. The molecule has 2 rings (SSSR count). The minimum absolute atomic E-state index is 0.127. The van der Waals surface area contributed by atoms with E-state index in [-0.39, 0.29) is 11.5 Å². The van der Waals surface area contributed by atoms with Crippen LogP contribution in [0.5, 0.6) is 0 Å². The average molecular weight is 317 g/mol. The molecule has 1 atom stereocenters. The third-order valence-corrected chi connectivity index (χ3v) is 5.81. The van der Waals surface area contributed by atoms with Gasteiger partial charge in [-0.3, -0.25) is 0 Å². The summed E-state index contributed by atoms with van der Waals surface area (Å²) in [5.74, 6) is 0.654. The van der Waals surface area contributed by atoms with Gasteiger partial charge in [0.2, 0.25) is 0 Å². The molecule has 1 N–H and O–H groups in total. The Morgan fingerprint density at radius 1 is 1.41 bits per heavy atom. The van der Waals surface area contributed by atoms with Gasteiger partial charge in [-0.1, -0.05) is 26.7 Å². The lowest BCUT2D eigenvalue weighted by Crippen LogP contribution is -2.27. The van der Waals surface area contributed by atoms with Crippen LogP contribution in [0.25, 0.3) is 0 Å². The fourth-order valence-corrected chi connectivity index (χ4v) is 4.97. The Hall–Kier alpha value is 0.140. The Morgan fingerprint density at radius 3 is 2.53 bits per heavy atom. The number of hydrogen-bond acceptors (Lipinski definition) is 2. The quantitative estimate of drug-likeness (QED) is 0.814. The van der Waals surface area contributed by atoms with Crippen LogP contribution < -0.4 is 0 Å². The molecule has 1 aliphatic carbocycles. The molecule has 0 bridgehead atoms. The Labute approximate surface area is 116 Å². The molecule has 96 valence electrons. The van der Waals surface area contributed by atoms with Gasteiger partial charge in [0.15, 0.2) is 0 Å². The van der Waals surface area contributed by atoms with E-state index in [1.807, 2.05) is 6.07 Å². The lowest BCUT2D eigenvalue weighted by atomic mass is 9.73. The number of thiophene rings is 1. The first kappa shape index (κ1) is 13.6. The van der Waals surface area contributed by atoms with Gasteiger partial charge in [-0.25, -0.2) is 0 Å². The van der Waals surface area contributed by atoms with Crippen molar-refractivity contribution in [3.8, 4) is 0 Å². The lowest BCUT2D eigenvalue weighted by Gasteiger charge is -2.35. The molecule has 1 saturated carbocycles. The van der Waals surface area contributed by atoms with Crippen LogP contribution in [-0.4, -0.2) is 5.11 Å². The smallest absolute Gasteiger partial charge is 0.0949 e. The van der Waals surface area contributed by atoms with E-state index in [0.717, 1.165) is 15.8 Å². The Kier molecular flexibility index (Phi) is 4.32. The Bertz CT molecular complexity index is 366. The highest BCUT2D eigenvalue weighted by Gasteiger charge is 2.42. The second-order valence-corrected chi connectivity index (χ2v) is 7.50. The predicted octanol–water partition coefficient (Wildman–Crippen LogP) is 5.15. The summed E-state index contributed by atoms with van der Waals surface area (Å²) < 4.78 is 1.07. The summed E-state index contributed by atoms with van der Waals surface area (Å²) in [7, 11) is 0. The summed E-state index contributed by atoms with van der Waals surface area (Å²) in [5.41, 5.74) is 0.127. The van der Waals surface area contributed by atoms with Crippen molar-refractivity contribution in [2.45, 2.75) is 52.1 Å². The van der Waals surface area contributed by atoms with Crippen molar-refractivity contribution >= 4 is 27.3 Å². The number of halogens is 1. The highest BCUT2D eigenvalue weighted by Crippen LogP contribution is 2.53. The minimum atomic E-state index is -0.290. The van der Waals surface area contributed by atoms with E-state index in [1.54, 1.807) is 11.3 Å². The summed E-state index contributed by atoms with van der Waals surface area (Å²) in [6, 6.07) is 2.04. The van der Waals surface area contributed by atoms with E-state index in [1.165, 1.54) is 25.7 Å². The highest BCUT2D eigenvalue weighted by atomic mass is 79.9. The van der Waals surface area contributed by atoms with Crippen LogP contribution in [0.2, 0.25) is 0 Å². The van der Waals surface area contributed by atoms with Gasteiger partial charge in [-0.05, 0) is 52.6 Å². The molecule has 1 aromatic rings. The van der Waals surface area contributed by atoms with Crippen LogP contribution in [0.3, 0.4) is 0 Å². The largest absolute Gasteiger partial charge is 0.387 e. The van der Waals surface area contributed by atoms with Crippen molar-refractivity contribution in [2.75, 3.05) is 0 Å². The van der Waals surface area contributed by atoms with Crippen molar-refractivity contribution in [3.05, 3.63) is 20.8 Å². The van der Waals surface area contributed by atoms with Crippen LogP contribution in [-0.2, 0) is 0 Å². The lowest BCUT2D eigenvalue weighted by molar-refractivity contribution is 0.0133. The fraction of sp³-hybridized carbons (Fsp3) is 0.714. The normalized spacial score (nSPS) is 21.0. The third-order valence-electron chi connectivity index (χ3n) is 3.89. The molecule has 3 heteroatoms. The summed E-state index contributed by atoms with van der Waals surface area (Å²) in [5, 5.41) is 12.8. The summed E-state index contributed by atoms with van der Waals surface area (Å²) in [6.07, 6.45) is 5.74. The molecular formula is C14H21BrOS. The van der Waals surface area contributed by atoms with Gasteiger partial charge in [0.1, 0.15) is 0 Å². The zero-order valence-electron chi connectivity index (χ0n) is 10.6. The van der Waals surface area contributed by atoms with Gasteiger partial charge in [0.05, 0.1) is 6.10 Å². The second kappa shape index (κ2) is 5.41. The molecule has 0 amide bonds. The standard InChI is InChI=1S/C14H21BrOS/c1-10(2)9-14(6-3-4-7-14)13(16)12-11(15)5-8-17-12/h5,8,10,13,16H,3-4,6-7,9H2,1-2H3. The van der Waals surface area contributed by atoms with Crippen LogP contribution in [0.15, 0.2) is 15.9 Å². The first-order valence-corrected chi connectivity index (χ1v) is 8.13. The van der Waals surface area contributed by atoms with E-state index >= 15 is 0 Å². The number of aliphatic hydroxyl groups excluding tert-OH is 1. The zero-order chi connectivity index (χ0) is 12.5. The molecule has 1 fully saturated rings. The minimum Gasteiger partial charge on any atom is -0.387 e. The molecule has 1 nitrogen and oxygen atoms in total. The van der Waals surface area contributed by atoms with E-state index in [4.69, 9.17) is 0 Å². The maximum absolute atomic E-state index is 10.8. The van der Waals surface area contributed by atoms with Gasteiger partial charge in [-0.15, -0.1) is 11.3 Å². The molecule has 17 heavy (non-hydrogen) atoms. The zero-order valence-corrected chi connectivity index (χ0v) is 13.0. The van der Waals surface area contributed by atoms with E-state index in [0.29, 0.717) is 5.92 Å². The van der Waals surface area contributed by atoms with Crippen molar-refractivity contribution in [3.63, 3.8) is 0 Å². The first-order valence-electron chi connectivity index (χ1n) is 6.46. The predicted molar refractivity (Wildman–Crippen MR) is 77.3 cm³/mol. The molecule has 0 aliphatic heterocycles. The van der Waals surface area contributed by atoms with Crippen LogP contribution in [0, 0.1) is 11.3 Å². The average Bonchev–Trinajstić information content (AvgIpc) is 2.86. The number of hydrogen-bond donors (Lipinski definition) is 1. The van der Waals surface area contributed by atoms with E-state index in [2.05, 4.69) is 35.2 Å². The highest BCUT2D eigenvalue weighted by molar-refractivity contribution is 9.10. The summed E-state index contributed by atoms with van der Waals surface area (Å²) in [4.78, 5) is 1.12. The maximum atomic E-state index is 10.8. The van der Waals surface area contributed by atoms with Gasteiger partial charge in [-0.2, -0.15) is 0 Å². The topological polar surface area (TPSA) is 20.2 Å². The van der Waals surface area contributed by atoms with Crippen LogP contribution in [0.4, 0.5) is 0 Å². The molecule has 1 aliphatic rings. The monoisotopic (exact) mass is 316 g/mol. The molecular weight excluding hydrogens is 296 g/mol. The van der Waals surface area contributed by atoms with Crippen LogP contribution in [0.1, 0.15) is 56.9 Å². The maximum Gasteiger partial charge on any atom is 0.0949 e. The Balaban J connectivity index is 2.24. The van der Waals surface area contributed by atoms with E-state index < -0.39 is 0 Å². The molecule has 1 unspecified atom stereocenters. The SMILES string of the molecule is CC(C)CC1(C(O)c2sccc2Br)CCCC1. The van der Waals surface area contributed by atoms with Crippen molar-refractivity contribution in [1.29, 1.82) is 0 Å². The molecule has 0 radical (unpaired) electrons. The molecule has 1 heterocycles. The molecule has 1 aromatic heterocycles. The van der Waals surface area contributed by atoms with Gasteiger partial charge >= 0.3 is 0 Å².